The lowest BCUT2D eigenvalue weighted by molar-refractivity contribution is -0.352. The smallest absolute Gasteiger partial charge is 0.386 e. The number of imidazole rings is 1. The first-order valence-electron chi connectivity index (χ1n) is 13.8. The Balaban J connectivity index is 1.25. The van der Waals surface area contributed by atoms with E-state index in [9.17, 15) is 37.4 Å². The van der Waals surface area contributed by atoms with Gasteiger partial charge in [0.25, 0.3) is 5.56 Å². The molecule has 0 saturated carbocycles. The van der Waals surface area contributed by atoms with Gasteiger partial charge in [0.15, 0.2) is 23.6 Å². The fourth-order valence-corrected chi connectivity index (χ4v) is 8.09. The molecule has 0 radical (unpaired) electrons. The summed E-state index contributed by atoms with van der Waals surface area (Å²) in [6, 6.07) is 1.53. The summed E-state index contributed by atoms with van der Waals surface area (Å²) in [7, 11) is -5.27. The van der Waals surface area contributed by atoms with E-state index in [-0.39, 0.29) is 28.6 Å². The molecule has 49 heavy (non-hydrogen) atoms. The fraction of sp³-hybridized carbons (Fsp3) is 0.500. The number of anilines is 2. The topological polar surface area (TPSA) is 289 Å². The maximum Gasteiger partial charge on any atom is 0.522 e. The molecule has 7 rings (SSSR count). The number of hydrogen-bond acceptors (Lipinski definition) is 17. The highest BCUT2D eigenvalue weighted by molar-refractivity contribution is 8.07. The zero-order chi connectivity index (χ0) is 35.0. The molecule has 4 aromatic rings. The van der Waals surface area contributed by atoms with Crippen LogP contribution in [0.1, 0.15) is 12.5 Å². The van der Waals surface area contributed by atoms with Crippen molar-refractivity contribution in [1.29, 1.82) is 0 Å². The number of halogens is 3. The monoisotopic (exact) mass is 757 g/mol. The third kappa shape index (κ3) is 6.58. The Bertz CT molecular complexity index is 2070. The van der Waals surface area contributed by atoms with E-state index in [1.807, 2.05) is 0 Å². The predicted octanol–water partition coefficient (Wildman–Crippen LogP) is -0.0760. The average Bonchev–Trinajstić information content (AvgIpc) is 3.76. The summed E-state index contributed by atoms with van der Waals surface area (Å²) in [6.45, 7) is -6.53. The zero-order valence-electron chi connectivity index (χ0n) is 24.1. The zero-order valence-corrected chi connectivity index (χ0v) is 26.7. The SMILES string of the molecule is Nc1nc2c(ncn2[C@@H]2O[C@@H]3COP(=O)(O)OC4C(O)[C@H](n5ccc6c(N)ncnc65)O[C@@H]4COP(O)(=S)OC2C3OC(F)(F)F)c(=O)[nH]1. The summed E-state index contributed by atoms with van der Waals surface area (Å²) >= 11 is 5.14. The van der Waals surface area contributed by atoms with Gasteiger partial charge in [0.1, 0.15) is 54.4 Å². The first kappa shape index (κ1) is 34.3. The molecular weight excluding hydrogens is 733 g/mol. The number of nitrogens with zero attached hydrogens (tertiary/aromatic N) is 6. The van der Waals surface area contributed by atoms with Crippen molar-refractivity contribution in [3.8, 4) is 0 Å². The van der Waals surface area contributed by atoms with E-state index >= 15 is 0 Å². The molecule has 3 saturated heterocycles. The molecule has 8 N–H and O–H groups in total. The van der Waals surface area contributed by atoms with Gasteiger partial charge in [-0.2, -0.15) is 4.98 Å². The summed E-state index contributed by atoms with van der Waals surface area (Å²) in [4.78, 5) is 52.3. The van der Waals surface area contributed by atoms with E-state index in [0.717, 1.165) is 17.2 Å². The number of rotatable bonds is 3. The number of nitrogen functional groups attached to an aromatic ring is 2. The molecule has 0 aromatic carbocycles. The Labute approximate surface area is 274 Å². The van der Waals surface area contributed by atoms with Gasteiger partial charge >= 0.3 is 20.9 Å². The van der Waals surface area contributed by atoms with Gasteiger partial charge in [-0.3, -0.25) is 32.7 Å². The van der Waals surface area contributed by atoms with E-state index in [1.165, 1.54) is 16.8 Å². The number of H-pyrrole nitrogens is 1. The molecule has 27 heteroatoms. The van der Waals surface area contributed by atoms with Crippen LogP contribution in [0.25, 0.3) is 22.2 Å². The number of aliphatic hydroxyl groups excluding tert-OH is 1. The molecule has 6 unspecified atom stereocenters. The molecule has 0 amide bonds. The molecule has 3 fully saturated rings. The van der Waals surface area contributed by atoms with Crippen LogP contribution in [0, 0.1) is 0 Å². The standard InChI is InChI=1S/C22H24F3N9O12P2S/c23-22(24,25)44-13-9-3-40-47(37,38)45-12-8(42-19(11(12)35)33-2-1-7-15(26)28-5-29-16(7)33)4-41-48(39,49)46-14(13)20(43-9)34-6-30-10-17(34)31-21(27)32-18(10)36/h1-2,5-6,8-9,11-14,19-20,35H,3-4H2,(H,37,38)(H,39,49)(H2,26,28,29)(H3,27,31,32,36)/t8-,9-,11?,12?,13?,14?,19-,20-,48?/m1/s1. The van der Waals surface area contributed by atoms with Gasteiger partial charge in [0, 0.05) is 6.20 Å². The highest BCUT2D eigenvalue weighted by Crippen LogP contribution is 2.54. The van der Waals surface area contributed by atoms with Gasteiger partial charge in [-0.25, -0.2) is 19.5 Å². The van der Waals surface area contributed by atoms with Gasteiger partial charge in [0.05, 0.1) is 24.9 Å². The largest absolute Gasteiger partial charge is 0.522 e. The lowest BCUT2D eigenvalue weighted by atomic mass is 10.1. The number of aromatic amines is 1. The van der Waals surface area contributed by atoms with Crippen molar-refractivity contribution in [1.82, 2.24) is 34.1 Å². The van der Waals surface area contributed by atoms with Crippen LogP contribution in [-0.2, 0) is 48.7 Å². The van der Waals surface area contributed by atoms with Crippen LogP contribution in [0.4, 0.5) is 24.9 Å². The highest BCUT2D eigenvalue weighted by Gasteiger charge is 2.56. The fourth-order valence-electron chi connectivity index (χ4n) is 5.72. The van der Waals surface area contributed by atoms with Crippen molar-refractivity contribution < 1.29 is 64.9 Å². The highest BCUT2D eigenvalue weighted by atomic mass is 32.5. The van der Waals surface area contributed by atoms with Gasteiger partial charge in [-0.1, -0.05) is 0 Å². The van der Waals surface area contributed by atoms with Gasteiger partial charge in [0.2, 0.25) is 5.95 Å². The number of fused-ring (bicyclic) bond motifs is 5. The minimum absolute atomic E-state index is 0.113. The molecule has 4 aromatic heterocycles. The van der Waals surface area contributed by atoms with Crippen LogP contribution >= 0.6 is 14.5 Å². The van der Waals surface area contributed by atoms with Crippen LogP contribution in [-0.4, -0.2) is 105 Å². The number of alkyl halides is 3. The Morgan fingerprint density at radius 2 is 1.76 bits per heavy atom. The third-order valence-corrected chi connectivity index (χ3v) is 10.3. The molecular formula is C22H24F3N9O12P2S. The number of hydrogen-bond donors (Lipinski definition) is 6. The Morgan fingerprint density at radius 1 is 1.02 bits per heavy atom. The van der Waals surface area contributed by atoms with E-state index in [0.29, 0.717) is 5.39 Å². The number of ether oxygens (including phenoxy) is 3. The van der Waals surface area contributed by atoms with Crippen molar-refractivity contribution in [2.45, 2.75) is 55.4 Å². The van der Waals surface area contributed by atoms with Crippen molar-refractivity contribution in [3.05, 3.63) is 35.3 Å². The first-order chi connectivity index (χ1) is 23.0. The third-order valence-electron chi connectivity index (χ3n) is 7.72. The number of aromatic nitrogens is 7. The average molecular weight is 757 g/mol. The van der Waals surface area contributed by atoms with Crippen molar-refractivity contribution in [2.24, 2.45) is 0 Å². The van der Waals surface area contributed by atoms with Gasteiger partial charge < -0.3 is 44.9 Å². The summed E-state index contributed by atoms with van der Waals surface area (Å²) in [5.41, 5.74) is 10.4. The van der Waals surface area contributed by atoms with Gasteiger partial charge in [-0.15, -0.1) is 13.2 Å². The maximum absolute atomic E-state index is 13.7. The number of nitrogens with one attached hydrogen (secondary N) is 1. The molecule has 3 aliphatic heterocycles. The van der Waals surface area contributed by atoms with Crippen molar-refractivity contribution in [3.63, 3.8) is 0 Å². The molecule has 266 valence electrons. The molecule has 0 spiro atoms. The number of phosphoric acid groups is 1. The Kier molecular flexibility index (Phi) is 8.58. The number of phosphoric ester groups is 1. The summed E-state index contributed by atoms with van der Waals surface area (Å²) in [6.07, 6.45) is -15.9. The van der Waals surface area contributed by atoms with Crippen LogP contribution < -0.4 is 17.0 Å². The number of nitrogens with two attached hydrogens (primary N) is 2. The molecule has 21 nitrogen and oxygen atoms in total. The van der Waals surface area contributed by atoms with Crippen molar-refractivity contribution in [2.75, 3.05) is 24.7 Å². The second-order valence-electron chi connectivity index (χ2n) is 10.8. The molecule has 7 heterocycles. The van der Waals surface area contributed by atoms with Crippen LogP contribution in [0.2, 0.25) is 0 Å². The van der Waals surface area contributed by atoms with Crippen molar-refractivity contribution >= 4 is 60.3 Å². The molecule has 3 aliphatic rings. The summed E-state index contributed by atoms with van der Waals surface area (Å²) in [5.74, 6) is -0.272. The number of aliphatic hydroxyl groups is 1. The lowest BCUT2D eigenvalue weighted by Gasteiger charge is -2.29. The molecule has 10 atom stereocenters. The Morgan fingerprint density at radius 3 is 2.51 bits per heavy atom. The summed E-state index contributed by atoms with van der Waals surface area (Å²) in [5, 5.41) is 11.6. The maximum atomic E-state index is 13.7. The minimum Gasteiger partial charge on any atom is -0.386 e. The molecule has 0 aliphatic carbocycles. The Hall–Kier alpha value is -3.16. The second kappa shape index (κ2) is 12.3. The van der Waals surface area contributed by atoms with Crippen LogP contribution in [0.3, 0.4) is 0 Å². The van der Waals surface area contributed by atoms with E-state index in [1.54, 1.807) is 0 Å². The van der Waals surface area contributed by atoms with E-state index in [2.05, 4.69) is 29.7 Å². The predicted molar refractivity (Wildman–Crippen MR) is 157 cm³/mol. The van der Waals surface area contributed by atoms with Crippen LogP contribution in [0.5, 0.6) is 0 Å². The quantitative estimate of drug-likeness (QED) is 0.149. The first-order valence-corrected chi connectivity index (χ1v) is 17.9. The minimum atomic E-state index is -5.35. The normalized spacial score (nSPS) is 36.0. The van der Waals surface area contributed by atoms with Gasteiger partial charge in [-0.05, 0) is 17.9 Å². The lowest BCUT2D eigenvalue weighted by Crippen LogP contribution is -2.41. The van der Waals surface area contributed by atoms with E-state index < -0.39 is 88.8 Å². The summed E-state index contributed by atoms with van der Waals surface area (Å²) < 4.78 is 93.9. The van der Waals surface area contributed by atoms with Crippen LogP contribution in [0.15, 0.2) is 29.7 Å². The second-order valence-corrected chi connectivity index (χ2v) is 15.0. The molecule has 2 bridgehead atoms. The van der Waals surface area contributed by atoms with E-state index in [4.69, 9.17) is 50.8 Å².